The minimum absolute atomic E-state index is 0.00756. The SMILES string of the molecule is CC(C)OCCN1C(=O)C(SCc2ccccc2)=C(c2ccc([N+](=O)[O-])cc2)C1=O. The molecule has 1 aliphatic heterocycles. The topological polar surface area (TPSA) is 89.8 Å². The van der Waals surface area contributed by atoms with Gasteiger partial charge >= 0.3 is 0 Å². The summed E-state index contributed by atoms with van der Waals surface area (Å²) in [6, 6.07) is 15.3. The fourth-order valence-corrected chi connectivity index (χ4v) is 4.09. The lowest BCUT2D eigenvalue weighted by Gasteiger charge is -2.16. The van der Waals surface area contributed by atoms with Crippen molar-refractivity contribution < 1.29 is 19.2 Å². The highest BCUT2D eigenvalue weighted by Crippen LogP contribution is 2.37. The second-order valence-corrected chi connectivity index (χ2v) is 7.95. The highest BCUT2D eigenvalue weighted by molar-refractivity contribution is 8.03. The molecule has 3 rings (SSSR count). The molecule has 0 bridgehead atoms. The van der Waals surface area contributed by atoms with Crippen LogP contribution >= 0.6 is 11.8 Å². The molecule has 0 saturated heterocycles. The molecule has 2 aromatic carbocycles. The van der Waals surface area contributed by atoms with E-state index < -0.39 is 10.8 Å². The van der Waals surface area contributed by atoms with Gasteiger partial charge in [0.05, 0.1) is 34.7 Å². The number of hydrogen-bond acceptors (Lipinski definition) is 6. The van der Waals surface area contributed by atoms with Crippen molar-refractivity contribution in [3.63, 3.8) is 0 Å². The second-order valence-electron chi connectivity index (χ2n) is 6.96. The monoisotopic (exact) mass is 426 g/mol. The largest absolute Gasteiger partial charge is 0.377 e. The van der Waals surface area contributed by atoms with E-state index in [9.17, 15) is 19.7 Å². The molecule has 7 nitrogen and oxygen atoms in total. The second kappa shape index (κ2) is 9.69. The van der Waals surface area contributed by atoms with Crippen LogP contribution in [0.3, 0.4) is 0 Å². The summed E-state index contributed by atoms with van der Waals surface area (Å²) in [5.41, 5.74) is 1.72. The van der Waals surface area contributed by atoms with Gasteiger partial charge in [0, 0.05) is 17.9 Å². The van der Waals surface area contributed by atoms with E-state index in [4.69, 9.17) is 4.74 Å². The first-order chi connectivity index (χ1) is 14.4. The van der Waals surface area contributed by atoms with Crippen LogP contribution < -0.4 is 0 Å². The molecule has 0 unspecified atom stereocenters. The molecule has 156 valence electrons. The van der Waals surface area contributed by atoms with Crippen LogP contribution in [-0.4, -0.2) is 40.9 Å². The van der Waals surface area contributed by atoms with Crippen molar-refractivity contribution in [2.45, 2.75) is 25.7 Å². The fraction of sp³-hybridized carbons (Fsp3) is 0.273. The zero-order valence-electron chi connectivity index (χ0n) is 16.7. The maximum absolute atomic E-state index is 13.1. The number of non-ortho nitro benzene ring substituents is 1. The Morgan fingerprint density at radius 1 is 1.03 bits per heavy atom. The van der Waals surface area contributed by atoms with Crippen LogP contribution in [-0.2, 0) is 20.1 Å². The summed E-state index contributed by atoms with van der Waals surface area (Å²) in [6.45, 7) is 4.17. The van der Waals surface area contributed by atoms with Gasteiger partial charge in [-0.2, -0.15) is 0 Å². The van der Waals surface area contributed by atoms with Crippen LogP contribution in [0.4, 0.5) is 5.69 Å². The van der Waals surface area contributed by atoms with E-state index in [0.717, 1.165) is 5.56 Å². The lowest BCUT2D eigenvalue weighted by molar-refractivity contribution is -0.384. The molecule has 0 fully saturated rings. The summed E-state index contributed by atoms with van der Waals surface area (Å²) >= 11 is 1.30. The number of nitro benzene ring substituents is 1. The first-order valence-electron chi connectivity index (χ1n) is 9.52. The zero-order chi connectivity index (χ0) is 21.7. The summed E-state index contributed by atoms with van der Waals surface area (Å²) in [4.78, 5) is 38.1. The third-order valence-corrected chi connectivity index (χ3v) is 5.63. The van der Waals surface area contributed by atoms with Gasteiger partial charge in [-0.25, -0.2) is 0 Å². The number of thioether (sulfide) groups is 1. The van der Waals surface area contributed by atoms with E-state index in [2.05, 4.69) is 0 Å². The average molecular weight is 426 g/mol. The predicted molar refractivity (Wildman–Crippen MR) is 116 cm³/mol. The van der Waals surface area contributed by atoms with Gasteiger partial charge in [-0.05, 0) is 37.1 Å². The number of benzene rings is 2. The zero-order valence-corrected chi connectivity index (χ0v) is 17.6. The van der Waals surface area contributed by atoms with Crippen molar-refractivity contribution >= 4 is 34.8 Å². The van der Waals surface area contributed by atoms with E-state index in [1.54, 1.807) is 0 Å². The number of hydrogen-bond donors (Lipinski definition) is 0. The third kappa shape index (κ3) is 4.95. The molecule has 0 saturated carbocycles. The molecule has 8 heteroatoms. The lowest BCUT2D eigenvalue weighted by atomic mass is 10.1. The summed E-state index contributed by atoms with van der Waals surface area (Å²) in [5.74, 6) is -0.236. The molecular weight excluding hydrogens is 404 g/mol. The van der Waals surface area contributed by atoms with Crippen LogP contribution in [0.15, 0.2) is 59.5 Å². The van der Waals surface area contributed by atoms with E-state index >= 15 is 0 Å². The van der Waals surface area contributed by atoms with Crippen LogP contribution in [0.2, 0.25) is 0 Å². The summed E-state index contributed by atoms with van der Waals surface area (Å²) in [6.07, 6.45) is -0.00756. The van der Waals surface area contributed by atoms with E-state index in [1.165, 1.54) is 40.9 Å². The van der Waals surface area contributed by atoms with Gasteiger partial charge in [0.25, 0.3) is 17.5 Å². The number of amides is 2. The first kappa shape index (κ1) is 21.7. The number of nitrogens with zero attached hydrogens (tertiary/aromatic N) is 2. The van der Waals surface area contributed by atoms with Gasteiger partial charge in [-0.1, -0.05) is 30.3 Å². The van der Waals surface area contributed by atoms with Crippen molar-refractivity contribution in [3.8, 4) is 0 Å². The molecule has 0 N–H and O–H groups in total. The Morgan fingerprint density at radius 2 is 1.70 bits per heavy atom. The Hall–Kier alpha value is -2.97. The standard InChI is InChI=1S/C22H22N2O5S/c1-15(2)29-13-12-23-21(25)19(17-8-10-18(11-9-17)24(27)28)20(22(23)26)30-14-16-6-4-3-5-7-16/h3-11,15H,12-14H2,1-2H3. The smallest absolute Gasteiger partial charge is 0.269 e. The van der Waals surface area contributed by atoms with Gasteiger partial charge in [-0.3, -0.25) is 24.6 Å². The molecule has 1 aliphatic rings. The Labute approximate surface area is 178 Å². The number of imide groups is 1. The quantitative estimate of drug-likeness (QED) is 0.342. The summed E-state index contributed by atoms with van der Waals surface area (Å²) in [7, 11) is 0. The van der Waals surface area contributed by atoms with E-state index in [0.29, 0.717) is 16.2 Å². The summed E-state index contributed by atoms with van der Waals surface area (Å²) < 4.78 is 5.50. The molecule has 0 atom stereocenters. The van der Waals surface area contributed by atoms with Crippen molar-refractivity contribution in [2.75, 3.05) is 13.2 Å². The van der Waals surface area contributed by atoms with Crippen LogP contribution in [0, 0.1) is 10.1 Å². The average Bonchev–Trinajstić information content (AvgIpc) is 2.97. The third-order valence-electron chi connectivity index (χ3n) is 4.48. The number of rotatable bonds is 9. The Morgan fingerprint density at radius 3 is 2.30 bits per heavy atom. The van der Waals surface area contributed by atoms with Crippen molar-refractivity contribution in [2.24, 2.45) is 0 Å². The molecule has 1 heterocycles. The summed E-state index contributed by atoms with van der Waals surface area (Å²) in [5, 5.41) is 10.9. The Balaban J connectivity index is 1.89. The minimum Gasteiger partial charge on any atom is -0.377 e. The van der Waals surface area contributed by atoms with Crippen molar-refractivity contribution in [1.29, 1.82) is 0 Å². The molecule has 0 aliphatic carbocycles. The van der Waals surface area contributed by atoms with Crippen LogP contribution in [0.5, 0.6) is 0 Å². The molecule has 30 heavy (non-hydrogen) atoms. The van der Waals surface area contributed by atoms with E-state index in [-0.39, 0.29) is 36.4 Å². The Bertz CT molecular complexity index is 971. The maximum Gasteiger partial charge on any atom is 0.269 e. The predicted octanol–water partition coefficient (Wildman–Crippen LogP) is 4.03. The number of nitro groups is 1. The molecule has 2 aromatic rings. The highest BCUT2D eigenvalue weighted by Gasteiger charge is 2.39. The number of ether oxygens (including phenoxy) is 1. The molecular formula is C22H22N2O5S. The number of carbonyl (C=O) groups excluding carboxylic acids is 2. The fourth-order valence-electron chi connectivity index (χ4n) is 3.00. The van der Waals surface area contributed by atoms with Gasteiger partial charge in [0.1, 0.15) is 0 Å². The normalized spacial score (nSPS) is 14.2. The van der Waals surface area contributed by atoms with Crippen molar-refractivity contribution in [1.82, 2.24) is 4.90 Å². The molecule has 0 aromatic heterocycles. The van der Waals surface area contributed by atoms with Crippen molar-refractivity contribution in [3.05, 3.63) is 80.7 Å². The molecule has 0 radical (unpaired) electrons. The highest BCUT2D eigenvalue weighted by atomic mass is 32.2. The van der Waals surface area contributed by atoms with Crippen LogP contribution in [0.1, 0.15) is 25.0 Å². The number of carbonyl (C=O) groups is 2. The Kier molecular flexibility index (Phi) is 7.02. The van der Waals surface area contributed by atoms with Gasteiger partial charge in [0.2, 0.25) is 0 Å². The molecule has 2 amide bonds. The minimum atomic E-state index is -0.500. The lowest BCUT2D eigenvalue weighted by Crippen LogP contribution is -2.35. The maximum atomic E-state index is 13.1. The first-order valence-corrected chi connectivity index (χ1v) is 10.5. The van der Waals surface area contributed by atoms with E-state index in [1.807, 2.05) is 44.2 Å². The van der Waals surface area contributed by atoms with Gasteiger partial charge < -0.3 is 4.74 Å². The molecule has 0 spiro atoms. The van der Waals surface area contributed by atoms with Gasteiger partial charge in [0.15, 0.2) is 0 Å². The van der Waals surface area contributed by atoms with Crippen LogP contribution in [0.25, 0.3) is 5.57 Å². The van der Waals surface area contributed by atoms with Gasteiger partial charge in [-0.15, -0.1) is 11.8 Å².